The van der Waals surface area contributed by atoms with Crippen molar-refractivity contribution in [1.82, 2.24) is 19.9 Å². The van der Waals surface area contributed by atoms with Gasteiger partial charge in [0.25, 0.3) is 0 Å². The van der Waals surface area contributed by atoms with Gasteiger partial charge in [0.15, 0.2) is 0 Å². The van der Waals surface area contributed by atoms with Crippen molar-refractivity contribution >= 4 is 29.0 Å². The maximum Gasteiger partial charge on any atom is 0.228 e. The van der Waals surface area contributed by atoms with E-state index in [0.717, 1.165) is 47.5 Å². The molecule has 7 heteroatoms. The van der Waals surface area contributed by atoms with Crippen molar-refractivity contribution in [2.45, 2.75) is 36.4 Å². The van der Waals surface area contributed by atoms with Gasteiger partial charge in [0.2, 0.25) is 5.91 Å². The van der Waals surface area contributed by atoms with Crippen LogP contribution in [0, 0.1) is 0 Å². The first-order valence-electron chi connectivity index (χ1n) is 7.60. The van der Waals surface area contributed by atoms with Gasteiger partial charge in [0, 0.05) is 36.8 Å². The Labute approximate surface area is 138 Å². The van der Waals surface area contributed by atoms with Crippen LogP contribution in [-0.4, -0.2) is 44.6 Å². The summed E-state index contributed by atoms with van der Waals surface area (Å²) in [5.41, 5.74) is 0.895. The zero-order chi connectivity index (χ0) is 15.4. The van der Waals surface area contributed by atoms with Gasteiger partial charge >= 0.3 is 0 Å². The van der Waals surface area contributed by atoms with Crippen LogP contribution in [-0.2, 0) is 11.2 Å². The molecule has 1 atom stereocenters. The van der Waals surface area contributed by atoms with Crippen LogP contribution in [0.1, 0.15) is 37.2 Å². The molecule has 1 saturated heterocycles. The van der Waals surface area contributed by atoms with E-state index in [0.29, 0.717) is 12.3 Å². The second kappa shape index (κ2) is 7.28. The first kappa shape index (κ1) is 15.6. The molecule has 0 spiro atoms. The Hall–Kier alpha value is -1.34. The lowest BCUT2D eigenvalue weighted by Crippen LogP contribution is -2.40. The Bertz CT molecular complexity index is 611. The predicted octanol–water partition coefficient (Wildman–Crippen LogP) is 2.93. The van der Waals surface area contributed by atoms with E-state index in [2.05, 4.69) is 21.9 Å². The number of piperidine rings is 1. The van der Waals surface area contributed by atoms with Gasteiger partial charge in [0.05, 0.1) is 12.1 Å². The number of thioether (sulfide) groups is 1. The monoisotopic (exact) mass is 336 g/mol. The normalized spacial score (nSPS) is 18.6. The fraction of sp³-hybridized carbons (Fsp3) is 0.533. The van der Waals surface area contributed by atoms with Gasteiger partial charge in [-0.2, -0.15) is 0 Å². The minimum absolute atomic E-state index is 0.176. The second-order valence-corrected chi connectivity index (χ2v) is 7.74. The molecule has 0 bridgehead atoms. The van der Waals surface area contributed by atoms with Gasteiger partial charge in [-0.25, -0.2) is 9.97 Å². The lowest BCUT2D eigenvalue weighted by molar-refractivity contribution is -0.131. The van der Waals surface area contributed by atoms with Gasteiger partial charge in [-0.1, -0.05) is 18.7 Å². The SMILES string of the molecule is CCSc1nc(CC(=O)N2CCC[C@@H](c3ncc[nH]3)C2)cs1. The molecule has 118 valence electrons. The summed E-state index contributed by atoms with van der Waals surface area (Å²) in [7, 11) is 0. The van der Waals surface area contributed by atoms with Crippen molar-refractivity contribution in [2.75, 3.05) is 18.8 Å². The Morgan fingerprint density at radius 1 is 1.59 bits per heavy atom. The number of rotatable bonds is 5. The Morgan fingerprint density at radius 2 is 2.50 bits per heavy atom. The Kier molecular flexibility index (Phi) is 5.15. The molecular weight excluding hydrogens is 316 g/mol. The van der Waals surface area contributed by atoms with Crippen molar-refractivity contribution < 1.29 is 4.79 Å². The summed E-state index contributed by atoms with van der Waals surface area (Å²) in [6.07, 6.45) is 6.15. The molecule has 0 unspecified atom stereocenters. The van der Waals surface area contributed by atoms with Crippen LogP contribution in [0.2, 0.25) is 0 Å². The molecule has 1 aliphatic rings. The number of thiazole rings is 1. The first-order valence-corrected chi connectivity index (χ1v) is 9.47. The van der Waals surface area contributed by atoms with Crippen LogP contribution in [0.25, 0.3) is 0 Å². The van der Waals surface area contributed by atoms with Gasteiger partial charge in [-0.3, -0.25) is 4.79 Å². The van der Waals surface area contributed by atoms with Crippen molar-refractivity contribution in [3.8, 4) is 0 Å². The van der Waals surface area contributed by atoms with Crippen LogP contribution < -0.4 is 0 Å². The average Bonchev–Trinajstić information content (AvgIpc) is 3.20. The highest BCUT2D eigenvalue weighted by Gasteiger charge is 2.26. The number of likely N-dealkylation sites (tertiary alicyclic amines) is 1. The lowest BCUT2D eigenvalue weighted by Gasteiger charge is -2.31. The van der Waals surface area contributed by atoms with Gasteiger partial charge in [-0.05, 0) is 18.6 Å². The molecule has 0 saturated carbocycles. The second-order valence-electron chi connectivity index (χ2n) is 5.37. The highest BCUT2D eigenvalue weighted by Crippen LogP contribution is 2.26. The molecule has 1 fully saturated rings. The fourth-order valence-corrected chi connectivity index (χ4v) is 4.50. The molecule has 1 amide bonds. The number of H-pyrrole nitrogens is 1. The van der Waals surface area contributed by atoms with Crippen molar-refractivity contribution in [3.63, 3.8) is 0 Å². The molecule has 5 nitrogen and oxygen atoms in total. The van der Waals surface area contributed by atoms with Crippen molar-refractivity contribution in [3.05, 3.63) is 29.3 Å². The maximum atomic E-state index is 12.5. The van der Waals surface area contributed by atoms with Crippen LogP contribution >= 0.6 is 23.1 Å². The quantitative estimate of drug-likeness (QED) is 0.853. The molecule has 2 aromatic heterocycles. The topological polar surface area (TPSA) is 61.9 Å². The van der Waals surface area contributed by atoms with Crippen LogP contribution in [0.5, 0.6) is 0 Å². The molecule has 2 aromatic rings. The van der Waals surface area contributed by atoms with Crippen molar-refractivity contribution in [2.24, 2.45) is 0 Å². The molecule has 0 aromatic carbocycles. The number of amides is 1. The number of carbonyl (C=O) groups excluding carboxylic acids is 1. The molecular formula is C15H20N4OS2. The summed E-state index contributed by atoms with van der Waals surface area (Å²) in [5, 5.41) is 2.00. The third-order valence-corrected chi connectivity index (χ3v) is 5.76. The minimum atomic E-state index is 0.176. The number of hydrogen-bond donors (Lipinski definition) is 1. The van der Waals surface area contributed by atoms with E-state index in [1.807, 2.05) is 16.5 Å². The molecule has 1 N–H and O–H groups in total. The van der Waals surface area contributed by atoms with E-state index in [-0.39, 0.29) is 5.91 Å². The number of aromatic nitrogens is 3. The summed E-state index contributed by atoms with van der Waals surface area (Å²) in [6.45, 7) is 3.71. The average molecular weight is 336 g/mol. The minimum Gasteiger partial charge on any atom is -0.348 e. The number of aromatic amines is 1. The van der Waals surface area contributed by atoms with Gasteiger partial charge in [-0.15, -0.1) is 11.3 Å². The number of hydrogen-bond acceptors (Lipinski definition) is 5. The highest BCUT2D eigenvalue weighted by atomic mass is 32.2. The van der Waals surface area contributed by atoms with Crippen molar-refractivity contribution in [1.29, 1.82) is 0 Å². The van der Waals surface area contributed by atoms with Crippen LogP contribution in [0.4, 0.5) is 0 Å². The van der Waals surface area contributed by atoms with E-state index >= 15 is 0 Å². The van der Waals surface area contributed by atoms with E-state index < -0.39 is 0 Å². The van der Waals surface area contributed by atoms with E-state index in [1.165, 1.54) is 0 Å². The Balaban J connectivity index is 1.59. The van der Waals surface area contributed by atoms with Gasteiger partial charge in [0.1, 0.15) is 10.2 Å². The van der Waals surface area contributed by atoms with Crippen LogP contribution in [0.15, 0.2) is 22.1 Å². The van der Waals surface area contributed by atoms with E-state index in [4.69, 9.17) is 0 Å². The van der Waals surface area contributed by atoms with Gasteiger partial charge < -0.3 is 9.88 Å². The molecule has 3 rings (SSSR count). The largest absolute Gasteiger partial charge is 0.348 e. The third-order valence-electron chi connectivity index (χ3n) is 3.81. The number of carbonyl (C=O) groups is 1. The number of nitrogens with one attached hydrogen (secondary N) is 1. The molecule has 3 heterocycles. The zero-order valence-corrected chi connectivity index (χ0v) is 14.3. The Morgan fingerprint density at radius 3 is 3.27 bits per heavy atom. The smallest absolute Gasteiger partial charge is 0.228 e. The standard InChI is InChI=1S/C15H20N4OS2/c1-2-21-15-18-12(10-22-15)8-13(20)19-7-3-4-11(9-19)14-16-5-6-17-14/h5-6,10-11H,2-4,7-9H2,1H3,(H,16,17)/t11-/m1/s1. The molecule has 1 aliphatic heterocycles. The lowest BCUT2D eigenvalue weighted by atomic mass is 9.97. The maximum absolute atomic E-state index is 12.5. The zero-order valence-electron chi connectivity index (χ0n) is 12.6. The van der Waals surface area contributed by atoms with E-state index in [1.54, 1.807) is 29.3 Å². The molecule has 0 radical (unpaired) electrons. The third kappa shape index (κ3) is 3.70. The summed E-state index contributed by atoms with van der Waals surface area (Å²) in [6, 6.07) is 0. The summed E-state index contributed by atoms with van der Waals surface area (Å²) in [5.74, 6) is 2.51. The summed E-state index contributed by atoms with van der Waals surface area (Å²) in [4.78, 5) is 26.5. The summed E-state index contributed by atoms with van der Waals surface area (Å²) < 4.78 is 1.05. The first-order chi connectivity index (χ1) is 10.8. The van der Waals surface area contributed by atoms with E-state index in [9.17, 15) is 4.79 Å². The highest BCUT2D eigenvalue weighted by molar-refractivity contribution is 8.00. The summed E-state index contributed by atoms with van der Waals surface area (Å²) >= 11 is 3.35. The molecule has 0 aliphatic carbocycles. The molecule has 22 heavy (non-hydrogen) atoms. The number of nitrogens with zero attached hydrogens (tertiary/aromatic N) is 3. The number of imidazole rings is 1. The fourth-order valence-electron chi connectivity index (χ4n) is 2.75. The van der Waals surface area contributed by atoms with Crippen LogP contribution in [0.3, 0.4) is 0 Å². The predicted molar refractivity (Wildman–Crippen MR) is 89.4 cm³/mol.